The number of hydrogen-bond donors (Lipinski definition) is 1. The third kappa shape index (κ3) is 3.14. The maximum atomic E-state index is 12.5. The highest BCUT2D eigenvalue weighted by molar-refractivity contribution is 5.94. The fourth-order valence-corrected chi connectivity index (χ4v) is 2.86. The molecule has 1 aromatic carbocycles. The fraction of sp³-hybridized carbons (Fsp3) is 0.533. The number of nitrogens with zero attached hydrogens (tertiary/aromatic N) is 2. The van der Waals surface area contributed by atoms with Crippen molar-refractivity contribution in [1.29, 1.82) is 0 Å². The Morgan fingerprint density at radius 1 is 1.10 bits per heavy atom. The lowest BCUT2D eigenvalue weighted by molar-refractivity contribution is 0.0762. The summed E-state index contributed by atoms with van der Waals surface area (Å²) in [4.78, 5) is 16.8. The number of rotatable bonds is 1. The zero-order chi connectivity index (χ0) is 13.2. The van der Waals surface area contributed by atoms with E-state index < -0.39 is 0 Å². The van der Waals surface area contributed by atoms with Crippen LogP contribution in [0.15, 0.2) is 18.2 Å². The van der Waals surface area contributed by atoms with E-state index in [1.165, 1.54) is 11.1 Å². The molecule has 3 rings (SSSR count). The molecule has 1 saturated heterocycles. The summed E-state index contributed by atoms with van der Waals surface area (Å²) in [7, 11) is 2.12. The van der Waals surface area contributed by atoms with E-state index in [0.717, 1.165) is 51.3 Å². The summed E-state index contributed by atoms with van der Waals surface area (Å²) in [5.74, 6) is 0.185. The zero-order valence-corrected chi connectivity index (χ0v) is 12.7. The van der Waals surface area contributed by atoms with Crippen LogP contribution in [0, 0.1) is 0 Å². The van der Waals surface area contributed by atoms with E-state index in [4.69, 9.17) is 0 Å². The highest BCUT2D eigenvalue weighted by atomic mass is 35.5. The summed E-state index contributed by atoms with van der Waals surface area (Å²) < 4.78 is 0. The lowest BCUT2D eigenvalue weighted by atomic mass is 10.1. The normalized spacial score (nSPS) is 19.1. The van der Waals surface area contributed by atoms with E-state index in [9.17, 15) is 4.79 Å². The summed E-state index contributed by atoms with van der Waals surface area (Å²) in [5.41, 5.74) is 3.44. The number of fused-ring (bicyclic) bond motifs is 1. The first-order valence-corrected chi connectivity index (χ1v) is 7.04. The van der Waals surface area contributed by atoms with Crippen LogP contribution in [0.5, 0.6) is 0 Å². The molecule has 0 aliphatic carbocycles. The SMILES string of the molecule is CN1CCCN(C(=O)c2ccc3c(c2)CNC3)CC1.Cl. The monoisotopic (exact) mass is 295 g/mol. The molecule has 1 N–H and O–H groups in total. The molecule has 5 heteroatoms. The van der Waals surface area contributed by atoms with Crippen molar-refractivity contribution in [2.24, 2.45) is 0 Å². The minimum atomic E-state index is 0. The average molecular weight is 296 g/mol. The maximum absolute atomic E-state index is 12.5. The molecule has 110 valence electrons. The van der Waals surface area contributed by atoms with Crippen LogP contribution in [0.2, 0.25) is 0 Å². The highest BCUT2D eigenvalue weighted by Crippen LogP contribution is 2.18. The van der Waals surface area contributed by atoms with E-state index in [0.29, 0.717) is 0 Å². The zero-order valence-electron chi connectivity index (χ0n) is 11.9. The summed E-state index contributed by atoms with van der Waals surface area (Å²) in [6.45, 7) is 5.58. The largest absolute Gasteiger partial charge is 0.337 e. The highest BCUT2D eigenvalue weighted by Gasteiger charge is 2.20. The second-order valence-electron chi connectivity index (χ2n) is 5.54. The van der Waals surface area contributed by atoms with Gasteiger partial charge in [0, 0.05) is 38.3 Å². The molecule has 2 aliphatic heterocycles. The molecule has 0 radical (unpaired) electrons. The lowest BCUT2D eigenvalue weighted by Crippen LogP contribution is -2.34. The van der Waals surface area contributed by atoms with Crippen molar-refractivity contribution in [3.8, 4) is 0 Å². The first-order valence-electron chi connectivity index (χ1n) is 7.04. The number of nitrogens with one attached hydrogen (secondary N) is 1. The van der Waals surface area contributed by atoms with Crippen LogP contribution in [0.25, 0.3) is 0 Å². The van der Waals surface area contributed by atoms with Gasteiger partial charge in [-0.1, -0.05) is 6.07 Å². The molecule has 0 spiro atoms. The predicted molar refractivity (Wildman–Crippen MR) is 82.3 cm³/mol. The third-order valence-electron chi connectivity index (χ3n) is 4.09. The van der Waals surface area contributed by atoms with Crippen LogP contribution < -0.4 is 5.32 Å². The molecule has 4 nitrogen and oxygen atoms in total. The topological polar surface area (TPSA) is 35.6 Å². The maximum Gasteiger partial charge on any atom is 0.253 e. The van der Waals surface area contributed by atoms with Gasteiger partial charge in [-0.2, -0.15) is 0 Å². The molecule has 20 heavy (non-hydrogen) atoms. The lowest BCUT2D eigenvalue weighted by Gasteiger charge is -2.21. The van der Waals surface area contributed by atoms with Crippen LogP contribution in [0.1, 0.15) is 27.9 Å². The number of benzene rings is 1. The quantitative estimate of drug-likeness (QED) is 0.853. The van der Waals surface area contributed by atoms with Crippen LogP contribution in [0.4, 0.5) is 0 Å². The van der Waals surface area contributed by atoms with Crippen molar-refractivity contribution < 1.29 is 4.79 Å². The van der Waals surface area contributed by atoms with Gasteiger partial charge in [-0.05, 0) is 43.3 Å². The summed E-state index contributed by atoms with van der Waals surface area (Å²) in [5, 5.41) is 3.32. The average Bonchev–Trinajstić information content (AvgIpc) is 2.78. The molecule has 1 amide bonds. The number of carbonyl (C=O) groups excluding carboxylic acids is 1. The van der Waals surface area contributed by atoms with Gasteiger partial charge in [0.05, 0.1) is 0 Å². The van der Waals surface area contributed by atoms with E-state index in [2.05, 4.69) is 29.4 Å². The Morgan fingerprint density at radius 2 is 1.90 bits per heavy atom. The minimum absolute atomic E-state index is 0. The van der Waals surface area contributed by atoms with Gasteiger partial charge in [0.25, 0.3) is 5.91 Å². The van der Waals surface area contributed by atoms with Crippen molar-refractivity contribution in [2.45, 2.75) is 19.5 Å². The van der Waals surface area contributed by atoms with E-state index in [-0.39, 0.29) is 18.3 Å². The Morgan fingerprint density at radius 3 is 2.75 bits per heavy atom. The number of carbonyl (C=O) groups is 1. The second kappa shape index (κ2) is 6.57. The molecular weight excluding hydrogens is 274 g/mol. The van der Waals surface area contributed by atoms with Gasteiger partial charge in [0.1, 0.15) is 0 Å². The Hall–Kier alpha value is -1.10. The Balaban J connectivity index is 0.00000147. The van der Waals surface area contributed by atoms with Crippen LogP contribution >= 0.6 is 12.4 Å². The van der Waals surface area contributed by atoms with Crippen LogP contribution in [-0.4, -0.2) is 48.9 Å². The standard InChI is InChI=1S/C15H21N3O.ClH/c1-17-5-2-6-18(8-7-17)15(19)12-3-4-13-10-16-11-14(13)9-12;/h3-4,9,16H,2,5-8,10-11H2,1H3;1H. The summed E-state index contributed by atoms with van der Waals surface area (Å²) >= 11 is 0. The van der Waals surface area contributed by atoms with Gasteiger partial charge < -0.3 is 15.1 Å². The third-order valence-corrected chi connectivity index (χ3v) is 4.09. The van der Waals surface area contributed by atoms with Gasteiger partial charge in [-0.15, -0.1) is 12.4 Å². The summed E-state index contributed by atoms with van der Waals surface area (Å²) in [6.07, 6.45) is 1.06. The Kier molecular flexibility index (Phi) is 5.02. The summed E-state index contributed by atoms with van der Waals surface area (Å²) in [6, 6.07) is 6.13. The first-order chi connectivity index (χ1) is 9.24. The van der Waals surface area contributed by atoms with Gasteiger partial charge in [0.15, 0.2) is 0 Å². The van der Waals surface area contributed by atoms with Crippen molar-refractivity contribution >= 4 is 18.3 Å². The van der Waals surface area contributed by atoms with E-state index >= 15 is 0 Å². The van der Waals surface area contributed by atoms with Crippen molar-refractivity contribution in [3.05, 3.63) is 34.9 Å². The van der Waals surface area contributed by atoms with Gasteiger partial charge in [-0.25, -0.2) is 0 Å². The number of likely N-dealkylation sites (N-methyl/N-ethyl adjacent to an activating group) is 1. The molecule has 0 unspecified atom stereocenters. The van der Waals surface area contributed by atoms with Gasteiger partial charge in [-0.3, -0.25) is 4.79 Å². The molecular formula is C15H22ClN3O. The Bertz CT molecular complexity index is 492. The molecule has 0 bridgehead atoms. The second-order valence-corrected chi connectivity index (χ2v) is 5.54. The van der Waals surface area contributed by atoms with Crippen LogP contribution in [-0.2, 0) is 13.1 Å². The Labute approximate surface area is 126 Å². The van der Waals surface area contributed by atoms with Crippen molar-refractivity contribution in [1.82, 2.24) is 15.1 Å². The van der Waals surface area contributed by atoms with Crippen molar-refractivity contribution in [2.75, 3.05) is 33.2 Å². The first kappa shape index (κ1) is 15.3. The molecule has 0 atom stereocenters. The van der Waals surface area contributed by atoms with E-state index in [1.807, 2.05) is 11.0 Å². The number of halogens is 1. The molecule has 2 heterocycles. The predicted octanol–water partition coefficient (Wildman–Crippen LogP) is 1.49. The molecule has 1 fully saturated rings. The molecule has 1 aromatic rings. The number of amides is 1. The smallest absolute Gasteiger partial charge is 0.253 e. The van der Waals surface area contributed by atoms with Gasteiger partial charge >= 0.3 is 0 Å². The molecule has 0 aromatic heterocycles. The van der Waals surface area contributed by atoms with Crippen LogP contribution in [0.3, 0.4) is 0 Å². The van der Waals surface area contributed by atoms with Crippen molar-refractivity contribution in [3.63, 3.8) is 0 Å². The minimum Gasteiger partial charge on any atom is -0.337 e. The van der Waals surface area contributed by atoms with Gasteiger partial charge in [0.2, 0.25) is 0 Å². The fourth-order valence-electron chi connectivity index (χ4n) is 2.86. The number of hydrogen-bond acceptors (Lipinski definition) is 3. The molecule has 0 saturated carbocycles. The van der Waals surface area contributed by atoms with E-state index in [1.54, 1.807) is 0 Å². The molecule has 2 aliphatic rings.